The summed E-state index contributed by atoms with van der Waals surface area (Å²) in [5, 5.41) is 27.2. The molecule has 1 aromatic heterocycles. The first kappa shape index (κ1) is 38.0. The van der Waals surface area contributed by atoms with E-state index < -0.39 is 69.7 Å². The Morgan fingerprint density at radius 2 is 1.85 bits per heavy atom. The maximum absolute atomic E-state index is 13.4. The van der Waals surface area contributed by atoms with E-state index in [9.17, 15) is 29.5 Å². The number of rotatable bonds is 11. The second-order valence-corrected chi connectivity index (χ2v) is 14.5. The van der Waals surface area contributed by atoms with Crippen LogP contribution >= 0.6 is 34.8 Å². The van der Waals surface area contributed by atoms with Crippen molar-refractivity contribution in [1.82, 2.24) is 26.1 Å². The third kappa shape index (κ3) is 10.5. The van der Waals surface area contributed by atoms with Crippen LogP contribution in [0.1, 0.15) is 64.8 Å². The quantitative estimate of drug-likeness (QED) is 0.199. The van der Waals surface area contributed by atoms with Crippen LogP contribution in [0, 0.1) is 22.7 Å². The Morgan fingerprint density at radius 1 is 1.17 bits per heavy atom. The van der Waals surface area contributed by atoms with Crippen molar-refractivity contribution in [3.05, 3.63) is 47.7 Å². The molecule has 2 heterocycles. The van der Waals surface area contributed by atoms with Gasteiger partial charge in [-0.15, -0.1) is 0 Å². The summed E-state index contributed by atoms with van der Waals surface area (Å²) in [6.45, 7) is 7.81. The highest BCUT2D eigenvalue weighted by molar-refractivity contribution is 6.67. The number of ether oxygens (including phenoxy) is 1. The molecule has 3 rings (SSSR count). The van der Waals surface area contributed by atoms with Gasteiger partial charge in [0.15, 0.2) is 5.41 Å². The minimum absolute atomic E-state index is 0.277. The van der Waals surface area contributed by atoms with Crippen LogP contribution in [0.2, 0.25) is 0 Å². The number of alkyl halides is 3. The lowest BCUT2D eigenvalue weighted by molar-refractivity contribution is -0.152. The summed E-state index contributed by atoms with van der Waals surface area (Å²) < 4.78 is 3.24. The molecule has 1 saturated heterocycles. The molecule has 1 fully saturated rings. The summed E-state index contributed by atoms with van der Waals surface area (Å²) in [6.07, 6.45) is 3.20. The number of nitriles is 1. The van der Waals surface area contributed by atoms with Crippen molar-refractivity contribution < 1.29 is 29.0 Å². The van der Waals surface area contributed by atoms with E-state index in [0.29, 0.717) is 29.6 Å². The topological polar surface area (TPSA) is 174 Å². The van der Waals surface area contributed by atoms with Gasteiger partial charge in [0.2, 0.25) is 15.6 Å². The molecule has 5 atom stereocenters. The largest absolute Gasteiger partial charge is 0.460 e. The predicted molar refractivity (Wildman–Crippen MR) is 179 cm³/mol. The molecule has 0 bridgehead atoms. The lowest BCUT2D eigenvalue weighted by Crippen LogP contribution is -2.61. The number of esters is 1. The molecule has 47 heavy (non-hydrogen) atoms. The molecule has 12 nitrogen and oxygen atoms in total. The number of carbonyl (C=O) groups is 4. The van der Waals surface area contributed by atoms with Crippen LogP contribution in [0.3, 0.4) is 0 Å². The molecule has 3 amide bonds. The smallest absolute Gasteiger partial charge is 0.325 e. The van der Waals surface area contributed by atoms with Crippen molar-refractivity contribution >= 4 is 75.5 Å². The van der Waals surface area contributed by atoms with Crippen LogP contribution < -0.4 is 16.1 Å². The highest BCUT2D eigenvalue weighted by Crippen LogP contribution is 2.26. The fourth-order valence-electron chi connectivity index (χ4n) is 4.71. The summed E-state index contributed by atoms with van der Waals surface area (Å²) in [7, 11) is 0. The standard InChI is InChI=1S/C32H39Cl3N6O6/c1-18(2)26(27(43)37-19(3)28(44)41-14-6-7-24(40-41)29(45)47-17-32(33,34)35)39-30(46)31(5,16-36)13-12-21-8-9-22-10-11-23(20(4)42)38-25(22)15-21/h8-13,15,18-20,24,26,40,42H,6-7,14,17H2,1-5H3,(H,37,43)(H,39,46)/b13-12+/t19-,20+,24-,26?,31?/m0/s1. The van der Waals surface area contributed by atoms with Crippen LogP contribution in [0.4, 0.5) is 0 Å². The van der Waals surface area contributed by atoms with Gasteiger partial charge in [-0.1, -0.05) is 79.0 Å². The van der Waals surface area contributed by atoms with Crippen molar-refractivity contribution in [3.8, 4) is 6.07 Å². The van der Waals surface area contributed by atoms with Gasteiger partial charge in [0.05, 0.1) is 23.4 Å². The predicted octanol–water partition coefficient (Wildman–Crippen LogP) is 3.89. The van der Waals surface area contributed by atoms with Crippen molar-refractivity contribution in [2.24, 2.45) is 11.3 Å². The SMILES string of the molecule is CC(C)C(NC(=O)C(C)(C#N)/C=C/c1ccc2ccc([C@@H](C)O)nc2c1)C(=O)N[C@@H](C)C(=O)N1CCC[C@@H](C(=O)OCC(Cl)(Cl)Cl)N1. The number of nitrogens with one attached hydrogen (secondary N) is 3. The number of aromatic nitrogens is 1. The van der Waals surface area contributed by atoms with Crippen LogP contribution in [-0.4, -0.2) is 73.9 Å². The highest BCUT2D eigenvalue weighted by Gasteiger charge is 2.37. The van der Waals surface area contributed by atoms with Gasteiger partial charge in [0.25, 0.3) is 5.91 Å². The van der Waals surface area contributed by atoms with Crippen molar-refractivity contribution in [1.29, 1.82) is 5.26 Å². The number of pyridine rings is 1. The number of aliphatic hydroxyl groups excluding tert-OH is 1. The number of carbonyl (C=O) groups excluding carboxylic acids is 4. The van der Waals surface area contributed by atoms with Crippen LogP contribution in [0.5, 0.6) is 0 Å². The van der Waals surface area contributed by atoms with E-state index in [-0.39, 0.29) is 6.54 Å². The molecular weight excluding hydrogens is 671 g/mol. The molecule has 0 spiro atoms. The zero-order valence-electron chi connectivity index (χ0n) is 26.7. The zero-order valence-corrected chi connectivity index (χ0v) is 29.0. The number of hydrogen-bond acceptors (Lipinski definition) is 9. The summed E-state index contributed by atoms with van der Waals surface area (Å²) >= 11 is 16.9. The first-order valence-corrected chi connectivity index (χ1v) is 16.2. The number of fused-ring (bicyclic) bond motifs is 1. The van der Waals surface area contributed by atoms with Crippen molar-refractivity contribution in [2.75, 3.05) is 13.2 Å². The van der Waals surface area contributed by atoms with E-state index in [0.717, 1.165) is 5.39 Å². The molecule has 15 heteroatoms. The lowest BCUT2D eigenvalue weighted by atomic mass is 9.89. The van der Waals surface area contributed by atoms with Gasteiger partial charge in [-0.3, -0.25) is 29.2 Å². The lowest BCUT2D eigenvalue weighted by Gasteiger charge is -2.35. The number of halogens is 3. The number of hydrazine groups is 1. The molecule has 2 unspecified atom stereocenters. The third-order valence-electron chi connectivity index (χ3n) is 7.56. The van der Waals surface area contributed by atoms with E-state index in [1.807, 2.05) is 24.3 Å². The number of benzene rings is 1. The van der Waals surface area contributed by atoms with Gasteiger partial charge in [0.1, 0.15) is 24.7 Å². The minimum atomic E-state index is -1.78. The Bertz CT molecular complexity index is 1560. The number of aliphatic hydroxyl groups is 1. The molecule has 1 aromatic carbocycles. The van der Waals surface area contributed by atoms with Crippen LogP contribution in [0.25, 0.3) is 17.0 Å². The second-order valence-electron chi connectivity index (χ2n) is 12.0. The third-order valence-corrected chi connectivity index (χ3v) is 7.89. The summed E-state index contributed by atoms with van der Waals surface area (Å²) in [5.74, 6) is -2.92. The maximum Gasteiger partial charge on any atom is 0.325 e. The summed E-state index contributed by atoms with van der Waals surface area (Å²) in [6, 6.07) is 8.10. The second kappa shape index (κ2) is 16.1. The zero-order chi connectivity index (χ0) is 35.1. The fourth-order valence-corrected chi connectivity index (χ4v) is 4.87. The Kier molecular flexibility index (Phi) is 13.0. The Morgan fingerprint density at radius 3 is 2.47 bits per heavy atom. The molecule has 1 aliphatic heterocycles. The van der Waals surface area contributed by atoms with Gasteiger partial charge >= 0.3 is 5.97 Å². The van der Waals surface area contributed by atoms with Crippen LogP contribution in [-0.2, 0) is 23.9 Å². The van der Waals surface area contributed by atoms with Gasteiger partial charge in [-0.25, -0.2) is 5.43 Å². The van der Waals surface area contributed by atoms with Crippen molar-refractivity contribution in [3.63, 3.8) is 0 Å². The Hall–Kier alpha value is -3.47. The number of hydrogen-bond donors (Lipinski definition) is 4. The molecule has 0 saturated carbocycles. The Labute approximate surface area is 288 Å². The van der Waals surface area contributed by atoms with E-state index in [1.54, 1.807) is 39.0 Å². The normalized spacial score (nSPS) is 18.6. The van der Waals surface area contributed by atoms with Gasteiger partial charge in [-0.05, 0) is 57.2 Å². The molecular formula is C32H39Cl3N6O6. The van der Waals surface area contributed by atoms with Gasteiger partial charge in [-0.2, -0.15) is 5.26 Å². The first-order chi connectivity index (χ1) is 21.9. The first-order valence-electron chi connectivity index (χ1n) is 15.1. The number of amides is 3. The number of nitrogens with zero attached hydrogens (tertiary/aromatic N) is 3. The molecule has 2 aromatic rings. The summed E-state index contributed by atoms with van der Waals surface area (Å²) in [5.41, 5.74) is 3.00. The molecule has 4 N–H and O–H groups in total. The highest BCUT2D eigenvalue weighted by atomic mass is 35.6. The fraction of sp³-hybridized carbons (Fsp3) is 0.500. The van der Waals surface area contributed by atoms with Gasteiger partial charge < -0.3 is 20.5 Å². The molecule has 1 aliphatic rings. The summed E-state index contributed by atoms with van der Waals surface area (Å²) in [4.78, 5) is 56.7. The monoisotopic (exact) mass is 708 g/mol. The molecule has 0 aliphatic carbocycles. The van der Waals surface area contributed by atoms with Crippen molar-refractivity contribution in [2.45, 2.75) is 75.5 Å². The molecule has 0 radical (unpaired) electrons. The van der Waals surface area contributed by atoms with E-state index in [2.05, 4.69) is 21.0 Å². The van der Waals surface area contributed by atoms with E-state index >= 15 is 0 Å². The average molecular weight is 710 g/mol. The Balaban J connectivity index is 1.66. The van der Waals surface area contributed by atoms with E-state index in [1.165, 1.54) is 24.9 Å². The molecule has 254 valence electrons. The average Bonchev–Trinajstić information content (AvgIpc) is 3.03. The maximum atomic E-state index is 13.4. The van der Waals surface area contributed by atoms with Crippen LogP contribution in [0.15, 0.2) is 36.4 Å². The minimum Gasteiger partial charge on any atom is -0.460 e. The van der Waals surface area contributed by atoms with E-state index in [4.69, 9.17) is 39.5 Å². The van der Waals surface area contributed by atoms with Gasteiger partial charge in [0, 0.05) is 11.9 Å².